The number of rotatable bonds is 6. The average Bonchev–Trinajstić information content (AvgIpc) is 2.79. The number of urea groups is 1. The Bertz CT molecular complexity index is 859. The molecule has 2 fully saturated rings. The highest BCUT2D eigenvalue weighted by Crippen LogP contribution is 2.32. The molecule has 2 aliphatic rings. The molecule has 2 aliphatic heterocycles. The van der Waals surface area contributed by atoms with Crippen LogP contribution in [-0.2, 0) is 9.59 Å². The monoisotopic (exact) mass is 473 g/mol. The van der Waals surface area contributed by atoms with Crippen molar-refractivity contribution in [2.24, 2.45) is 5.73 Å². The molecule has 4 amide bonds. The first-order valence-electron chi connectivity index (χ1n) is 11.2. The summed E-state index contributed by atoms with van der Waals surface area (Å²) >= 11 is 1.61. The maximum absolute atomic E-state index is 13.5. The number of hydrogen-bond acceptors (Lipinski definition) is 5. The van der Waals surface area contributed by atoms with Crippen LogP contribution in [0.5, 0.6) is 0 Å². The summed E-state index contributed by atoms with van der Waals surface area (Å²) in [5.41, 5.74) is 6.67. The summed E-state index contributed by atoms with van der Waals surface area (Å²) in [5, 5.41) is 2.82. The predicted molar refractivity (Wildman–Crippen MR) is 132 cm³/mol. The molecule has 0 aliphatic carbocycles. The number of benzene rings is 1. The molecule has 9 heteroatoms. The number of hydrazine groups is 1. The molecule has 0 saturated carbocycles. The number of fused-ring (bicyclic) bond motifs is 1. The molecule has 1 aromatic carbocycles. The van der Waals surface area contributed by atoms with Crippen LogP contribution < -0.4 is 5.73 Å². The Balaban J connectivity index is 0.00000122. The lowest BCUT2D eigenvalue weighted by Crippen LogP contribution is -2.76. The van der Waals surface area contributed by atoms with Crippen LogP contribution in [0.1, 0.15) is 45.2 Å². The van der Waals surface area contributed by atoms with E-state index in [0.29, 0.717) is 12.2 Å². The van der Waals surface area contributed by atoms with Gasteiger partial charge < -0.3 is 15.5 Å². The molecule has 8 nitrogen and oxygen atoms in total. The van der Waals surface area contributed by atoms with E-state index in [1.807, 2.05) is 43.5 Å². The Hall–Kier alpha value is -2.70. The van der Waals surface area contributed by atoms with Crippen LogP contribution in [0.15, 0.2) is 30.3 Å². The maximum Gasteiger partial charge on any atom is 0.331 e. The van der Waals surface area contributed by atoms with E-state index in [2.05, 4.69) is 19.8 Å². The Labute approximate surface area is 201 Å². The lowest BCUT2D eigenvalue weighted by Gasteiger charge is -2.55. The first-order chi connectivity index (χ1) is 15.8. The van der Waals surface area contributed by atoms with Gasteiger partial charge in [0.05, 0.1) is 25.7 Å². The normalized spacial score (nSPS) is 21.6. The van der Waals surface area contributed by atoms with E-state index in [9.17, 15) is 14.4 Å². The number of nitrogens with zero attached hydrogens (tertiary/aromatic N) is 4. The molecule has 0 radical (unpaired) electrons. The molecule has 2 saturated heterocycles. The van der Waals surface area contributed by atoms with Gasteiger partial charge in [-0.1, -0.05) is 56.5 Å². The molecule has 2 unspecified atom stereocenters. The molecule has 1 aromatic rings. The summed E-state index contributed by atoms with van der Waals surface area (Å²) in [4.78, 5) is 42.1. The number of hydrogen-bond donors (Lipinski definition) is 1. The zero-order chi connectivity index (χ0) is 24.5. The fourth-order valence-corrected chi connectivity index (χ4v) is 4.64. The SMILES string of the molecule is C#CCN1CC(=O)N2C(CN(C(C)c3ccccc3)C(=O)[C@@H]2CCSC)N1C(N)=O.CCC. The van der Waals surface area contributed by atoms with Crippen molar-refractivity contribution in [1.82, 2.24) is 19.8 Å². The molecule has 0 bridgehead atoms. The number of carbonyl (C=O) groups excluding carboxylic acids is 3. The second kappa shape index (κ2) is 12.5. The zero-order valence-electron chi connectivity index (χ0n) is 19.9. The Morgan fingerprint density at radius 1 is 1.27 bits per heavy atom. The standard InChI is InChI=1S/C21H27N5O3S.C3H8/c1-4-11-23-14-19(27)25-17(10-12-30-3)20(28)24(13-18(25)26(23)21(22)29)15(2)16-8-6-5-7-9-16;1-3-2/h1,5-9,15,17-18H,10-14H2,2-3H3,(H2,22,29);3H2,1-2H3/t15?,17-,18?;/m0./s1. The Morgan fingerprint density at radius 3 is 2.45 bits per heavy atom. The minimum Gasteiger partial charge on any atom is -0.350 e. The van der Waals surface area contributed by atoms with Gasteiger partial charge in [-0.3, -0.25) is 9.59 Å². The van der Waals surface area contributed by atoms with Crippen molar-refractivity contribution in [3.8, 4) is 12.3 Å². The highest BCUT2D eigenvalue weighted by Gasteiger charge is 2.51. The third-order valence-electron chi connectivity index (χ3n) is 5.62. The number of piperazine rings is 1. The third kappa shape index (κ3) is 6.01. The maximum atomic E-state index is 13.5. The van der Waals surface area contributed by atoms with E-state index in [0.717, 1.165) is 5.56 Å². The van der Waals surface area contributed by atoms with Gasteiger partial charge in [-0.15, -0.1) is 6.42 Å². The van der Waals surface area contributed by atoms with Crippen molar-refractivity contribution in [3.63, 3.8) is 0 Å². The van der Waals surface area contributed by atoms with Crippen LogP contribution in [0.3, 0.4) is 0 Å². The van der Waals surface area contributed by atoms with Crippen molar-refractivity contribution < 1.29 is 14.4 Å². The number of amides is 4. The first-order valence-corrected chi connectivity index (χ1v) is 12.6. The van der Waals surface area contributed by atoms with Crippen LogP contribution in [0.4, 0.5) is 4.79 Å². The fraction of sp³-hybridized carbons (Fsp3) is 0.542. The van der Waals surface area contributed by atoms with Gasteiger partial charge in [0.1, 0.15) is 12.2 Å². The van der Waals surface area contributed by atoms with Gasteiger partial charge in [0.15, 0.2) is 0 Å². The van der Waals surface area contributed by atoms with Crippen LogP contribution >= 0.6 is 11.8 Å². The number of carbonyl (C=O) groups is 3. The van der Waals surface area contributed by atoms with Gasteiger partial charge in [-0.2, -0.15) is 16.8 Å². The molecule has 33 heavy (non-hydrogen) atoms. The molecule has 3 atom stereocenters. The summed E-state index contributed by atoms with van der Waals surface area (Å²) in [6.07, 6.45) is 8.46. The van der Waals surface area contributed by atoms with Crippen LogP contribution in [0, 0.1) is 12.3 Å². The molecule has 0 aromatic heterocycles. The van der Waals surface area contributed by atoms with E-state index < -0.39 is 18.2 Å². The first kappa shape index (κ1) is 26.6. The average molecular weight is 474 g/mol. The lowest BCUT2D eigenvalue weighted by molar-refractivity contribution is -0.190. The minimum atomic E-state index is -0.696. The quantitative estimate of drug-likeness (QED) is 0.641. The summed E-state index contributed by atoms with van der Waals surface area (Å²) in [6, 6.07) is 8.13. The molecule has 2 N–H and O–H groups in total. The third-order valence-corrected chi connectivity index (χ3v) is 6.27. The van der Waals surface area contributed by atoms with Crippen molar-refractivity contribution in [3.05, 3.63) is 35.9 Å². The van der Waals surface area contributed by atoms with Crippen LogP contribution in [0.25, 0.3) is 0 Å². The smallest absolute Gasteiger partial charge is 0.331 e. The summed E-state index contributed by atoms with van der Waals surface area (Å²) < 4.78 is 0. The largest absolute Gasteiger partial charge is 0.350 e. The molecule has 3 rings (SSSR count). The molecular weight excluding hydrogens is 438 g/mol. The summed E-state index contributed by atoms with van der Waals surface area (Å²) in [5.74, 6) is 2.85. The summed E-state index contributed by atoms with van der Waals surface area (Å²) in [6.45, 7) is 6.37. The van der Waals surface area contributed by atoms with Crippen molar-refractivity contribution >= 4 is 29.6 Å². The van der Waals surface area contributed by atoms with E-state index >= 15 is 0 Å². The van der Waals surface area contributed by atoms with Crippen molar-refractivity contribution in [2.45, 2.75) is 51.9 Å². The molecular formula is C24H35N5O3S. The van der Waals surface area contributed by atoms with Crippen molar-refractivity contribution in [2.75, 3.05) is 31.6 Å². The fourth-order valence-electron chi connectivity index (χ4n) is 4.19. The second-order valence-corrected chi connectivity index (χ2v) is 9.06. The second-order valence-electron chi connectivity index (χ2n) is 8.07. The number of nitrogens with two attached hydrogens (primary N) is 1. The summed E-state index contributed by atoms with van der Waals surface area (Å²) in [7, 11) is 0. The number of terminal acetylenes is 1. The van der Waals surface area contributed by atoms with Gasteiger partial charge in [-0.05, 0) is 30.9 Å². The predicted octanol–water partition coefficient (Wildman–Crippen LogP) is 2.53. The van der Waals surface area contributed by atoms with Crippen LogP contribution in [-0.4, -0.2) is 81.5 Å². The Morgan fingerprint density at radius 2 is 1.91 bits per heavy atom. The van der Waals surface area contributed by atoms with Gasteiger partial charge in [0.2, 0.25) is 11.8 Å². The van der Waals surface area contributed by atoms with Gasteiger partial charge in [0.25, 0.3) is 0 Å². The molecule has 0 spiro atoms. The molecule has 2 heterocycles. The number of thioether (sulfide) groups is 1. The lowest BCUT2D eigenvalue weighted by atomic mass is 9.99. The van der Waals surface area contributed by atoms with E-state index in [4.69, 9.17) is 12.2 Å². The van der Waals surface area contributed by atoms with Gasteiger partial charge in [-0.25, -0.2) is 9.80 Å². The zero-order valence-corrected chi connectivity index (χ0v) is 20.8. The highest BCUT2D eigenvalue weighted by atomic mass is 32.2. The minimum absolute atomic E-state index is 0.0800. The van der Waals surface area contributed by atoms with Crippen molar-refractivity contribution in [1.29, 1.82) is 0 Å². The molecule has 180 valence electrons. The van der Waals surface area contributed by atoms with E-state index in [1.165, 1.54) is 21.3 Å². The highest BCUT2D eigenvalue weighted by molar-refractivity contribution is 7.98. The van der Waals surface area contributed by atoms with Crippen LogP contribution in [0.2, 0.25) is 0 Å². The van der Waals surface area contributed by atoms with E-state index in [1.54, 1.807) is 16.7 Å². The topological polar surface area (TPSA) is 90.2 Å². The van der Waals surface area contributed by atoms with Gasteiger partial charge >= 0.3 is 6.03 Å². The number of primary amides is 1. The van der Waals surface area contributed by atoms with E-state index in [-0.39, 0.29) is 37.5 Å². The van der Waals surface area contributed by atoms with Gasteiger partial charge in [0, 0.05) is 0 Å². The Kier molecular flexibility index (Phi) is 10.1.